The topological polar surface area (TPSA) is 81.4 Å². The maximum absolute atomic E-state index is 11.4. The molecule has 0 aromatic heterocycles. The van der Waals surface area contributed by atoms with Crippen molar-refractivity contribution in [3.8, 4) is 0 Å². The minimum atomic E-state index is -0.642. The van der Waals surface area contributed by atoms with Gasteiger partial charge in [0, 0.05) is 12.3 Å². The Labute approximate surface area is 106 Å². The Kier molecular flexibility index (Phi) is 6.36. The maximum atomic E-state index is 11.4. The van der Waals surface area contributed by atoms with E-state index in [0.29, 0.717) is 24.0 Å². The smallest absolute Gasteiger partial charge is 0.323 e. The van der Waals surface area contributed by atoms with Crippen molar-refractivity contribution < 1.29 is 14.3 Å². The number of carbonyl (C=O) groups excluding carboxylic acids is 2. The second-order valence-corrected chi connectivity index (χ2v) is 5.15. The van der Waals surface area contributed by atoms with Gasteiger partial charge in [-0.15, -0.1) is 11.8 Å². The molecule has 5 nitrogen and oxygen atoms in total. The third kappa shape index (κ3) is 6.53. The summed E-state index contributed by atoms with van der Waals surface area (Å²) in [5.74, 6) is 1.05. The molecule has 0 bridgehead atoms. The molecule has 1 atom stereocenters. The lowest BCUT2D eigenvalue weighted by molar-refractivity contribution is -0.144. The van der Waals surface area contributed by atoms with Crippen LogP contribution >= 0.6 is 11.8 Å². The number of thioether (sulfide) groups is 1. The molecule has 1 amide bonds. The summed E-state index contributed by atoms with van der Waals surface area (Å²) >= 11 is 1.36. The molecular weight excluding hydrogens is 240 g/mol. The summed E-state index contributed by atoms with van der Waals surface area (Å²) in [6, 6.07) is -0.642. The number of hydrogen-bond donors (Lipinski definition) is 2. The highest BCUT2D eigenvalue weighted by Gasteiger charge is 2.21. The average Bonchev–Trinajstić information content (AvgIpc) is 3.10. The first kappa shape index (κ1) is 14.3. The van der Waals surface area contributed by atoms with E-state index in [1.54, 1.807) is 6.92 Å². The molecule has 17 heavy (non-hydrogen) atoms. The highest BCUT2D eigenvalue weighted by atomic mass is 32.2. The van der Waals surface area contributed by atoms with Crippen molar-refractivity contribution in [2.75, 3.05) is 24.7 Å². The van der Waals surface area contributed by atoms with Gasteiger partial charge in [0.2, 0.25) is 5.91 Å². The molecule has 0 aromatic rings. The van der Waals surface area contributed by atoms with Gasteiger partial charge in [-0.1, -0.05) is 0 Å². The fourth-order valence-corrected chi connectivity index (χ4v) is 2.02. The average molecular weight is 260 g/mol. The first-order valence-electron chi connectivity index (χ1n) is 5.90. The molecule has 1 unspecified atom stereocenters. The summed E-state index contributed by atoms with van der Waals surface area (Å²) in [4.78, 5) is 22.5. The highest BCUT2D eigenvalue weighted by Crippen LogP contribution is 2.27. The Bertz CT molecular complexity index is 269. The summed E-state index contributed by atoms with van der Waals surface area (Å²) < 4.78 is 4.77. The number of nitrogens with one attached hydrogen (secondary N) is 1. The zero-order valence-electron chi connectivity index (χ0n) is 10.1. The minimum Gasteiger partial charge on any atom is -0.465 e. The summed E-state index contributed by atoms with van der Waals surface area (Å²) in [6.07, 6.45) is 2.45. The first-order chi connectivity index (χ1) is 8.13. The zero-order valence-corrected chi connectivity index (χ0v) is 10.9. The minimum absolute atomic E-state index is 0.0120. The standard InChI is InChI=1S/C11H20N2O3S/c1-2-16-11(15)9(12)6-17-7-10(14)13-5-8-3-4-8/h8-9H,2-7,12H2,1H3,(H,13,14). The van der Waals surface area contributed by atoms with E-state index in [4.69, 9.17) is 10.5 Å². The summed E-state index contributed by atoms with van der Waals surface area (Å²) in [5.41, 5.74) is 5.59. The van der Waals surface area contributed by atoms with Crippen LogP contribution in [0.4, 0.5) is 0 Å². The summed E-state index contributed by atoms with van der Waals surface area (Å²) in [5, 5.41) is 2.86. The van der Waals surface area contributed by atoms with Gasteiger partial charge in [-0.25, -0.2) is 0 Å². The third-order valence-electron chi connectivity index (χ3n) is 2.40. The van der Waals surface area contributed by atoms with Crippen molar-refractivity contribution in [1.82, 2.24) is 5.32 Å². The van der Waals surface area contributed by atoms with Crippen LogP contribution in [0.3, 0.4) is 0 Å². The maximum Gasteiger partial charge on any atom is 0.323 e. The monoisotopic (exact) mass is 260 g/mol. The number of rotatable bonds is 8. The van der Waals surface area contributed by atoms with Crippen molar-refractivity contribution >= 4 is 23.6 Å². The van der Waals surface area contributed by atoms with Crippen molar-refractivity contribution in [1.29, 1.82) is 0 Å². The largest absolute Gasteiger partial charge is 0.465 e. The van der Waals surface area contributed by atoms with Gasteiger partial charge < -0.3 is 15.8 Å². The highest BCUT2D eigenvalue weighted by molar-refractivity contribution is 8.00. The Balaban J connectivity index is 2.01. The van der Waals surface area contributed by atoms with Crippen LogP contribution < -0.4 is 11.1 Å². The molecule has 6 heteroatoms. The fourth-order valence-electron chi connectivity index (χ4n) is 1.23. The van der Waals surface area contributed by atoms with Crippen molar-refractivity contribution in [2.24, 2.45) is 11.7 Å². The molecule has 0 saturated heterocycles. The van der Waals surface area contributed by atoms with Gasteiger partial charge in [0.25, 0.3) is 0 Å². The van der Waals surface area contributed by atoms with Gasteiger partial charge in [0.1, 0.15) is 6.04 Å². The number of ether oxygens (including phenoxy) is 1. The number of carbonyl (C=O) groups is 2. The summed E-state index contributed by atoms with van der Waals surface area (Å²) in [7, 11) is 0. The van der Waals surface area contributed by atoms with Crippen LogP contribution in [0.1, 0.15) is 19.8 Å². The van der Waals surface area contributed by atoms with Gasteiger partial charge in [-0.3, -0.25) is 9.59 Å². The molecule has 0 spiro atoms. The lowest BCUT2D eigenvalue weighted by Gasteiger charge is -2.10. The molecule has 0 heterocycles. The second kappa shape index (κ2) is 7.55. The number of esters is 1. The lowest BCUT2D eigenvalue weighted by Crippen LogP contribution is -2.35. The lowest BCUT2D eigenvalue weighted by atomic mass is 10.4. The van der Waals surface area contributed by atoms with Crippen molar-refractivity contribution in [3.63, 3.8) is 0 Å². The first-order valence-corrected chi connectivity index (χ1v) is 7.05. The van der Waals surface area contributed by atoms with Crippen LogP contribution in [0.15, 0.2) is 0 Å². The fraction of sp³-hybridized carbons (Fsp3) is 0.818. The molecular formula is C11H20N2O3S. The van der Waals surface area contributed by atoms with E-state index < -0.39 is 12.0 Å². The van der Waals surface area contributed by atoms with E-state index in [9.17, 15) is 9.59 Å². The Hall–Kier alpha value is -0.750. The molecule has 0 aromatic carbocycles. The molecule has 1 aliphatic carbocycles. The predicted octanol–water partition coefficient (Wildman–Crippen LogP) is 0.136. The van der Waals surface area contributed by atoms with Gasteiger partial charge in [-0.05, 0) is 25.7 Å². The Morgan fingerprint density at radius 1 is 1.53 bits per heavy atom. The van der Waals surface area contributed by atoms with Crippen LogP contribution in [0.25, 0.3) is 0 Å². The van der Waals surface area contributed by atoms with E-state index in [2.05, 4.69) is 5.32 Å². The van der Waals surface area contributed by atoms with Gasteiger partial charge in [0.15, 0.2) is 0 Å². The molecule has 98 valence electrons. The molecule has 1 fully saturated rings. The van der Waals surface area contributed by atoms with E-state index in [0.717, 1.165) is 6.54 Å². The van der Waals surface area contributed by atoms with Crippen LogP contribution in [-0.2, 0) is 14.3 Å². The Morgan fingerprint density at radius 2 is 2.24 bits per heavy atom. The molecule has 1 saturated carbocycles. The van der Waals surface area contributed by atoms with Gasteiger partial charge >= 0.3 is 5.97 Å². The quantitative estimate of drug-likeness (QED) is 0.607. The second-order valence-electron chi connectivity index (χ2n) is 4.12. The third-order valence-corrected chi connectivity index (χ3v) is 3.47. The molecule has 1 aliphatic rings. The summed E-state index contributed by atoms with van der Waals surface area (Å²) in [6.45, 7) is 2.85. The van der Waals surface area contributed by atoms with Crippen molar-refractivity contribution in [3.05, 3.63) is 0 Å². The van der Waals surface area contributed by atoms with Crippen LogP contribution in [0.2, 0.25) is 0 Å². The van der Waals surface area contributed by atoms with Crippen LogP contribution in [0.5, 0.6) is 0 Å². The van der Waals surface area contributed by atoms with Gasteiger partial charge in [0.05, 0.1) is 12.4 Å². The predicted molar refractivity (Wildman–Crippen MR) is 67.7 cm³/mol. The molecule has 0 radical (unpaired) electrons. The normalized spacial score (nSPS) is 16.4. The van der Waals surface area contributed by atoms with E-state index in [-0.39, 0.29) is 5.91 Å². The number of hydrogen-bond acceptors (Lipinski definition) is 5. The van der Waals surface area contributed by atoms with E-state index in [1.165, 1.54) is 24.6 Å². The van der Waals surface area contributed by atoms with E-state index in [1.807, 2.05) is 0 Å². The van der Waals surface area contributed by atoms with Gasteiger partial charge in [-0.2, -0.15) is 0 Å². The Morgan fingerprint density at radius 3 is 2.82 bits per heavy atom. The number of nitrogens with two attached hydrogens (primary N) is 1. The zero-order chi connectivity index (χ0) is 12.7. The molecule has 0 aliphatic heterocycles. The SMILES string of the molecule is CCOC(=O)C(N)CSCC(=O)NCC1CC1. The molecule has 1 rings (SSSR count). The molecule has 3 N–H and O–H groups in total. The van der Waals surface area contributed by atoms with Crippen LogP contribution in [-0.4, -0.2) is 42.6 Å². The number of amides is 1. The van der Waals surface area contributed by atoms with Crippen molar-refractivity contribution in [2.45, 2.75) is 25.8 Å². The van der Waals surface area contributed by atoms with Crippen LogP contribution in [0, 0.1) is 5.92 Å². The van der Waals surface area contributed by atoms with E-state index >= 15 is 0 Å².